The van der Waals surface area contributed by atoms with Crippen LogP contribution in [0.5, 0.6) is 0 Å². The van der Waals surface area contributed by atoms with E-state index in [2.05, 4.69) is 14.9 Å². The SMILES string of the molecule is COCCn1c(CNC(=O)OC(C)(C)C)nc2ccccc21. The summed E-state index contributed by atoms with van der Waals surface area (Å²) in [6, 6.07) is 7.88. The van der Waals surface area contributed by atoms with Crippen LogP contribution < -0.4 is 5.32 Å². The number of aromatic nitrogens is 2. The number of hydrogen-bond acceptors (Lipinski definition) is 4. The minimum atomic E-state index is -0.514. The second-order valence-electron chi connectivity index (χ2n) is 6.02. The number of fused-ring (bicyclic) bond motifs is 1. The summed E-state index contributed by atoms with van der Waals surface area (Å²) in [5.41, 5.74) is 1.42. The van der Waals surface area contributed by atoms with Crippen LogP contribution >= 0.6 is 0 Å². The average Bonchev–Trinajstić information content (AvgIpc) is 2.79. The first-order valence-electron chi connectivity index (χ1n) is 7.30. The van der Waals surface area contributed by atoms with Crippen molar-refractivity contribution in [2.75, 3.05) is 13.7 Å². The van der Waals surface area contributed by atoms with Crippen LogP contribution in [0.1, 0.15) is 26.6 Å². The standard InChI is InChI=1S/C16H23N3O3/c1-16(2,3)22-15(20)17-11-14-18-12-7-5-6-8-13(12)19(14)9-10-21-4/h5-8H,9-11H2,1-4H3,(H,17,20). The number of hydrogen-bond donors (Lipinski definition) is 1. The summed E-state index contributed by atoms with van der Waals surface area (Å²) in [5, 5.41) is 2.75. The molecule has 0 spiro atoms. The zero-order chi connectivity index (χ0) is 16.2. The Kier molecular flexibility index (Phi) is 5.03. The van der Waals surface area contributed by atoms with Gasteiger partial charge in [-0.2, -0.15) is 0 Å². The van der Waals surface area contributed by atoms with Crippen molar-refractivity contribution in [2.45, 2.75) is 39.5 Å². The highest BCUT2D eigenvalue weighted by Gasteiger charge is 2.17. The highest BCUT2D eigenvalue weighted by molar-refractivity contribution is 5.76. The average molecular weight is 305 g/mol. The van der Waals surface area contributed by atoms with Gasteiger partial charge in [0.1, 0.15) is 11.4 Å². The maximum atomic E-state index is 11.8. The van der Waals surface area contributed by atoms with E-state index in [1.807, 2.05) is 45.0 Å². The lowest BCUT2D eigenvalue weighted by molar-refractivity contribution is 0.0521. The van der Waals surface area contributed by atoms with Crippen LogP contribution in [0.15, 0.2) is 24.3 Å². The van der Waals surface area contributed by atoms with Crippen LogP contribution in [0.2, 0.25) is 0 Å². The van der Waals surface area contributed by atoms with E-state index in [4.69, 9.17) is 9.47 Å². The predicted octanol–water partition coefficient (Wildman–Crippen LogP) is 2.71. The molecule has 0 saturated carbocycles. The number of methoxy groups -OCH3 is 1. The fourth-order valence-electron chi connectivity index (χ4n) is 2.16. The second kappa shape index (κ2) is 6.79. The third kappa shape index (κ3) is 4.21. The summed E-state index contributed by atoms with van der Waals surface area (Å²) in [6.45, 7) is 7.08. The summed E-state index contributed by atoms with van der Waals surface area (Å²) in [7, 11) is 1.66. The second-order valence-corrected chi connectivity index (χ2v) is 6.02. The topological polar surface area (TPSA) is 65.4 Å². The molecule has 0 saturated heterocycles. The van der Waals surface area contributed by atoms with Gasteiger partial charge in [-0.25, -0.2) is 9.78 Å². The van der Waals surface area contributed by atoms with Crippen molar-refractivity contribution >= 4 is 17.1 Å². The van der Waals surface area contributed by atoms with Crippen LogP contribution in [-0.4, -0.2) is 35.0 Å². The minimum Gasteiger partial charge on any atom is -0.444 e. The van der Waals surface area contributed by atoms with Crippen molar-refractivity contribution in [2.24, 2.45) is 0 Å². The molecule has 0 fully saturated rings. The first-order valence-corrected chi connectivity index (χ1v) is 7.30. The van der Waals surface area contributed by atoms with E-state index in [0.29, 0.717) is 19.7 Å². The smallest absolute Gasteiger partial charge is 0.408 e. The van der Waals surface area contributed by atoms with Gasteiger partial charge < -0.3 is 19.4 Å². The molecule has 1 heterocycles. The first kappa shape index (κ1) is 16.3. The minimum absolute atomic E-state index is 0.313. The number of amides is 1. The number of carbonyl (C=O) groups is 1. The quantitative estimate of drug-likeness (QED) is 0.922. The fraction of sp³-hybridized carbons (Fsp3) is 0.500. The van der Waals surface area contributed by atoms with Gasteiger partial charge in [-0.1, -0.05) is 12.1 Å². The van der Waals surface area contributed by atoms with Gasteiger partial charge in [-0.05, 0) is 32.9 Å². The molecule has 1 N–H and O–H groups in total. The van der Waals surface area contributed by atoms with Gasteiger partial charge in [0.2, 0.25) is 0 Å². The molecule has 2 rings (SSSR count). The van der Waals surface area contributed by atoms with E-state index in [9.17, 15) is 4.79 Å². The van der Waals surface area contributed by atoms with Crippen molar-refractivity contribution in [3.63, 3.8) is 0 Å². The molecule has 6 heteroatoms. The molecule has 22 heavy (non-hydrogen) atoms. The van der Waals surface area contributed by atoms with E-state index in [0.717, 1.165) is 16.9 Å². The third-order valence-corrected chi connectivity index (χ3v) is 3.04. The Balaban J connectivity index is 2.14. The third-order valence-electron chi connectivity index (χ3n) is 3.04. The Bertz CT molecular complexity index is 644. The first-order chi connectivity index (χ1) is 10.4. The number of ether oxygens (including phenoxy) is 2. The number of alkyl carbamates (subject to hydrolysis) is 1. The molecule has 1 aromatic carbocycles. The van der Waals surface area contributed by atoms with Gasteiger partial charge in [0, 0.05) is 13.7 Å². The van der Waals surface area contributed by atoms with Crippen molar-refractivity contribution in [3.8, 4) is 0 Å². The number of nitrogens with zero attached hydrogens (tertiary/aromatic N) is 2. The van der Waals surface area contributed by atoms with Gasteiger partial charge in [0.05, 0.1) is 24.2 Å². The number of carbonyl (C=O) groups excluding carboxylic acids is 1. The van der Waals surface area contributed by atoms with Crippen molar-refractivity contribution < 1.29 is 14.3 Å². The number of imidazole rings is 1. The maximum absolute atomic E-state index is 11.8. The van der Waals surface area contributed by atoms with Crippen LogP contribution in [0, 0.1) is 0 Å². The Morgan fingerprint density at radius 2 is 2.05 bits per heavy atom. The lowest BCUT2D eigenvalue weighted by atomic mass is 10.2. The molecule has 0 bridgehead atoms. The molecule has 0 unspecified atom stereocenters. The molecule has 2 aromatic rings. The Morgan fingerprint density at radius 3 is 2.73 bits per heavy atom. The lowest BCUT2D eigenvalue weighted by Gasteiger charge is -2.19. The van der Waals surface area contributed by atoms with E-state index in [-0.39, 0.29) is 0 Å². The van der Waals surface area contributed by atoms with E-state index in [1.54, 1.807) is 7.11 Å². The molecule has 0 aliphatic carbocycles. The number of rotatable bonds is 5. The Hall–Kier alpha value is -2.08. The van der Waals surface area contributed by atoms with Gasteiger partial charge in [-0.3, -0.25) is 0 Å². The zero-order valence-corrected chi connectivity index (χ0v) is 13.5. The van der Waals surface area contributed by atoms with Gasteiger partial charge >= 0.3 is 6.09 Å². The highest BCUT2D eigenvalue weighted by atomic mass is 16.6. The zero-order valence-electron chi connectivity index (χ0n) is 13.5. The van der Waals surface area contributed by atoms with Crippen molar-refractivity contribution in [1.29, 1.82) is 0 Å². The largest absolute Gasteiger partial charge is 0.444 e. The van der Waals surface area contributed by atoms with E-state index in [1.165, 1.54) is 0 Å². The molecule has 0 aliphatic heterocycles. The lowest BCUT2D eigenvalue weighted by Crippen LogP contribution is -2.32. The summed E-state index contributed by atoms with van der Waals surface area (Å²) in [4.78, 5) is 16.3. The van der Waals surface area contributed by atoms with Gasteiger partial charge in [-0.15, -0.1) is 0 Å². The monoisotopic (exact) mass is 305 g/mol. The van der Waals surface area contributed by atoms with E-state index < -0.39 is 11.7 Å². The van der Waals surface area contributed by atoms with Crippen molar-refractivity contribution in [1.82, 2.24) is 14.9 Å². The van der Waals surface area contributed by atoms with Gasteiger partial charge in [0.15, 0.2) is 0 Å². The number of benzene rings is 1. The van der Waals surface area contributed by atoms with Crippen LogP contribution in [0.4, 0.5) is 4.79 Å². The molecule has 0 atom stereocenters. The Morgan fingerprint density at radius 1 is 1.32 bits per heavy atom. The van der Waals surface area contributed by atoms with E-state index >= 15 is 0 Å². The summed E-state index contributed by atoms with van der Waals surface area (Å²) in [5.74, 6) is 0.782. The fourth-order valence-corrected chi connectivity index (χ4v) is 2.16. The molecule has 0 radical (unpaired) electrons. The molecule has 0 aliphatic rings. The van der Waals surface area contributed by atoms with Crippen LogP contribution in [0.25, 0.3) is 11.0 Å². The van der Waals surface area contributed by atoms with Crippen molar-refractivity contribution in [3.05, 3.63) is 30.1 Å². The molecule has 6 nitrogen and oxygen atoms in total. The van der Waals surface area contributed by atoms with Crippen LogP contribution in [-0.2, 0) is 22.6 Å². The van der Waals surface area contributed by atoms with Crippen LogP contribution in [0.3, 0.4) is 0 Å². The predicted molar refractivity (Wildman–Crippen MR) is 84.7 cm³/mol. The molecular weight excluding hydrogens is 282 g/mol. The summed E-state index contributed by atoms with van der Waals surface area (Å²) < 4.78 is 12.4. The summed E-state index contributed by atoms with van der Waals surface area (Å²) >= 11 is 0. The maximum Gasteiger partial charge on any atom is 0.408 e. The normalized spacial score (nSPS) is 11.6. The molecule has 120 valence electrons. The molecule has 1 amide bonds. The Labute approximate surface area is 130 Å². The number of nitrogens with one attached hydrogen (secondary N) is 1. The number of para-hydroxylation sites is 2. The van der Waals surface area contributed by atoms with Gasteiger partial charge in [0.25, 0.3) is 0 Å². The molecular formula is C16H23N3O3. The molecule has 1 aromatic heterocycles. The summed E-state index contributed by atoms with van der Waals surface area (Å²) in [6.07, 6.45) is -0.446. The highest BCUT2D eigenvalue weighted by Crippen LogP contribution is 2.16.